The number of hydrogen-bond acceptors (Lipinski definition) is 7. The number of alkyl halides is 6. The van der Waals surface area contributed by atoms with Gasteiger partial charge in [0.05, 0.1) is 48.3 Å². The second-order valence-corrected chi connectivity index (χ2v) is 7.86. The van der Waals surface area contributed by atoms with Crippen molar-refractivity contribution in [2.75, 3.05) is 33.0 Å². The van der Waals surface area contributed by atoms with Crippen molar-refractivity contribution in [2.45, 2.75) is 32.1 Å². The number of carbonyl (C=O) groups excluding carboxylic acids is 2. The molecule has 1 aromatic rings. The minimum atomic E-state index is -5.44. The molecule has 2 atom stereocenters. The van der Waals surface area contributed by atoms with Gasteiger partial charge in [-0.05, 0) is 26.0 Å². The van der Waals surface area contributed by atoms with Gasteiger partial charge in [0.15, 0.2) is 5.70 Å². The Morgan fingerprint density at radius 1 is 1.05 bits per heavy atom. The van der Waals surface area contributed by atoms with Gasteiger partial charge in [-0.3, -0.25) is 4.79 Å². The Kier molecular flexibility index (Phi) is 10.1. The molecule has 0 aliphatic carbocycles. The first-order valence-corrected chi connectivity index (χ1v) is 11.1. The average Bonchev–Trinajstić information content (AvgIpc) is 2.78. The quantitative estimate of drug-likeness (QED) is 0.269. The van der Waals surface area contributed by atoms with Crippen LogP contribution in [0.5, 0.6) is 0 Å². The van der Waals surface area contributed by atoms with Crippen molar-refractivity contribution in [1.29, 1.82) is 0 Å². The molecule has 37 heavy (non-hydrogen) atoms. The summed E-state index contributed by atoms with van der Waals surface area (Å²) in [4.78, 5) is 29.2. The third-order valence-corrected chi connectivity index (χ3v) is 5.38. The van der Waals surface area contributed by atoms with Crippen LogP contribution in [-0.2, 0) is 30.0 Å². The molecule has 0 fully saturated rings. The lowest BCUT2D eigenvalue weighted by molar-refractivity contribution is -0.148. The van der Waals surface area contributed by atoms with E-state index in [1.54, 1.807) is 0 Å². The van der Waals surface area contributed by atoms with Crippen LogP contribution in [0.4, 0.5) is 30.7 Å². The number of carbonyl (C=O) groups is 2. The van der Waals surface area contributed by atoms with Crippen LogP contribution in [0.25, 0.3) is 0 Å². The fourth-order valence-electron chi connectivity index (χ4n) is 3.79. The summed E-state index contributed by atoms with van der Waals surface area (Å²) >= 11 is 5.72. The molecule has 1 aromatic carbocycles. The average molecular weight is 563 g/mol. The molecule has 2 N–H and O–H groups in total. The first-order chi connectivity index (χ1) is 17.2. The van der Waals surface area contributed by atoms with Crippen molar-refractivity contribution in [3.63, 3.8) is 0 Å². The fourth-order valence-corrected chi connectivity index (χ4v) is 4.06. The van der Waals surface area contributed by atoms with Gasteiger partial charge in [-0.2, -0.15) is 26.3 Å². The van der Waals surface area contributed by atoms with Crippen molar-refractivity contribution in [2.24, 2.45) is 16.6 Å². The van der Waals surface area contributed by atoms with Crippen LogP contribution in [0.1, 0.15) is 30.9 Å². The molecule has 0 saturated carbocycles. The highest BCUT2D eigenvalue weighted by Crippen LogP contribution is 2.50. The SMILES string of the molecule is CCOC(=O)C1=C(C(F)(F)F)N=C(COCCN)C(C(=O)OCC)C1c1c(F)ccc(Cl)c1C(F)(F)F. The van der Waals surface area contributed by atoms with Crippen molar-refractivity contribution >= 4 is 29.3 Å². The maximum absolute atomic E-state index is 15.2. The molecular weight excluding hydrogens is 541 g/mol. The Hall–Kier alpha value is -2.71. The zero-order valence-electron chi connectivity index (χ0n) is 19.4. The minimum Gasteiger partial charge on any atom is -0.465 e. The summed E-state index contributed by atoms with van der Waals surface area (Å²) in [7, 11) is 0. The molecule has 15 heteroatoms. The van der Waals surface area contributed by atoms with E-state index in [9.17, 15) is 35.9 Å². The van der Waals surface area contributed by atoms with E-state index < -0.39 is 88.3 Å². The van der Waals surface area contributed by atoms with Crippen LogP contribution in [0.3, 0.4) is 0 Å². The normalized spacial score (nSPS) is 18.5. The molecule has 0 aromatic heterocycles. The van der Waals surface area contributed by atoms with Gasteiger partial charge in [-0.1, -0.05) is 11.6 Å². The van der Waals surface area contributed by atoms with Gasteiger partial charge in [-0.15, -0.1) is 0 Å². The summed E-state index contributed by atoms with van der Waals surface area (Å²) in [6, 6.07) is 1.02. The molecule has 0 bridgehead atoms. The van der Waals surface area contributed by atoms with E-state index in [0.717, 1.165) is 0 Å². The third-order valence-electron chi connectivity index (χ3n) is 5.07. The van der Waals surface area contributed by atoms with Gasteiger partial charge in [0.1, 0.15) is 11.7 Å². The predicted octanol–water partition coefficient (Wildman–Crippen LogP) is 4.57. The highest BCUT2D eigenvalue weighted by molar-refractivity contribution is 6.31. The van der Waals surface area contributed by atoms with Gasteiger partial charge in [0.2, 0.25) is 0 Å². The number of esters is 2. The van der Waals surface area contributed by atoms with Gasteiger partial charge in [0.25, 0.3) is 0 Å². The Bertz CT molecular complexity index is 1090. The number of nitrogens with two attached hydrogens (primary N) is 1. The Morgan fingerprint density at radius 2 is 1.68 bits per heavy atom. The molecule has 2 unspecified atom stereocenters. The summed E-state index contributed by atoms with van der Waals surface area (Å²) in [6.07, 6.45) is -10.8. The van der Waals surface area contributed by atoms with E-state index in [1.165, 1.54) is 13.8 Å². The highest BCUT2D eigenvalue weighted by Gasteiger charge is 2.53. The maximum Gasteiger partial charge on any atom is 0.433 e. The van der Waals surface area contributed by atoms with Gasteiger partial charge < -0.3 is 19.9 Å². The number of nitrogens with zero attached hydrogens (tertiary/aromatic N) is 1. The van der Waals surface area contributed by atoms with Crippen LogP contribution in [0, 0.1) is 11.7 Å². The number of allylic oxidation sites excluding steroid dienone is 1. The summed E-state index contributed by atoms with van der Waals surface area (Å²) in [5, 5.41) is -1.08. The lowest BCUT2D eigenvalue weighted by Crippen LogP contribution is -2.42. The number of hydrogen-bond donors (Lipinski definition) is 1. The number of rotatable bonds is 9. The fraction of sp³-hybridized carbons (Fsp3) is 0.500. The smallest absolute Gasteiger partial charge is 0.433 e. The first-order valence-electron chi connectivity index (χ1n) is 10.8. The van der Waals surface area contributed by atoms with Crippen molar-refractivity contribution in [3.8, 4) is 0 Å². The minimum absolute atomic E-state index is 0.0992. The lowest BCUT2D eigenvalue weighted by Gasteiger charge is -2.35. The Morgan fingerprint density at radius 3 is 2.19 bits per heavy atom. The predicted molar refractivity (Wildman–Crippen MR) is 116 cm³/mol. The topological polar surface area (TPSA) is 100 Å². The highest BCUT2D eigenvalue weighted by atomic mass is 35.5. The molecule has 0 spiro atoms. The molecule has 1 aliphatic rings. The number of halogens is 8. The molecule has 1 aliphatic heterocycles. The van der Waals surface area contributed by atoms with Crippen molar-refractivity contribution < 1.29 is 54.5 Å². The van der Waals surface area contributed by atoms with Gasteiger partial charge in [-0.25, -0.2) is 14.2 Å². The molecule has 206 valence electrons. The van der Waals surface area contributed by atoms with Crippen LogP contribution in [0.2, 0.25) is 5.02 Å². The second kappa shape index (κ2) is 12.2. The Labute approximate surface area is 211 Å². The summed E-state index contributed by atoms with van der Waals surface area (Å²) in [5.41, 5.74) is -2.30. The second-order valence-electron chi connectivity index (χ2n) is 7.45. The number of benzene rings is 1. The molecule has 2 rings (SSSR count). The van der Waals surface area contributed by atoms with Crippen LogP contribution in [0.15, 0.2) is 28.4 Å². The summed E-state index contributed by atoms with van der Waals surface area (Å²) in [5.74, 6) is -9.50. The lowest BCUT2D eigenvalue weighted by atomic mass is 9.73. The standard InChI is InChI=1S/C22H22ClF7N2O5/c1-3-36-19(33)14-12(9-35-8-7-31)32-18(22(28,29)30)16(20(34)37-4-2)15(14)13-11(24)6-5-10(23)17(13)21(25,26)27/h5-6,14-15H,3-4,7-9,31H2,1-2H3. The van der Waals surface area contributed by atoms with Crippen LogP contribution >= 0.6 is 11.6 Å². The van der Waals surface area contributed by atoms with Gasteiger partial charge in [0, 0.05) is 18.0 Å². The van der Waals surface area contributed by atoms with E-state index in [-0.39, 0.29) is 19.8 Å². The van der Waals surface area contributed by atoms with E-state index in [1.807, 2.05) is 0 Å². The van der Waals surface area contributed by atoms with Crippen molar-refractivity contribution in [1.82, 2.24) is 0 Å². The largest absolute Gasteiger partial charge is 0.465 e. The summed E-state index contributed by atoms with van der Waals surface area (Å²) < 4.78 is 115. The van der Waals surface area contributed by atoms with E-state index >= 15 is 4.39 Å². The molecule has 1 heterocycles. The number of aliphatic imine (C=N–C) groups is 1. The third kappa shape index (κ3) is 6.79. The summed E-state index contributed by atoms with van der Waals surface area (Å²) in [6.45, 7) is 0.547. The zero-order valence-corrected chi connectivity index (χ0v) is 20.2. The van der Waals surface area contributed by atoms with E-state index in [0.29, 0.717) is 12.1 Å². The molecular formula is C22H22ClF7N2O5. The molecule has 0 radical (unpaired) electrons. The Balaban J connectivity index is 3.08. The van der Waals surface area contributed by atoms with Gasteiger partial charge >= 0.3 is 24.3 Å². The van der Waals surface area contributed by atoms with E-state index in [4.69, 9.17) is 26.8 Å². The maximum atomic E-state index is 15.2. The molecule has 0 saturated heterocycles. The van der Waals surface area contributed by atoms with Crippen molar-refractivity contribution in [3.05, 3.63) is 45.4 Å². The molecule has 7 nitrogen and oxygen atoms in total. The van der Waals surface area contributed by atoms with Crippen LogP contribution < -0.4 is 5.73 Å². The molecule has 0 amide bonds. The first kappa shape index (κ1) is 30.5. The monoisotopic (exact) mass is 562 g/mol. The van der Waals surface area contributed by atoms with E-state index in [2.05, 4.69) is 9.73 Å². The number of ether oxygens (including phenoxy) is 3. The zero-order chi connectivity index (χ0) is 28.1. The van der Waals surface area contributed by atoms with Crippen LogP contribution in [-0.4, -0.2) is 56.8 Å².